The van der Waals surface area contributed by atoms with Crippen LogP contribution in [0.25, 0.3) is 0 Å². The van der Waals surface area contributed by atoms with E-state index in [-0.39, 0.29) is 12.1 Å². The maximum atomic E-state index is 5.68. The van der Waals surface area contributed by atoms with Crippen molar-refractivity contribution in [2.24, 2.45) is 0 Å². The first-order chi connectivity index (χ1) is 8.42. The first-order valence-corrected chi connectivity index (χ1v) is 6.59. The van der Waals surface area contributed by atoms with Crippen LogP contribution in [0.5, 0.6) is 0 Å². The van der Waals surface area contributed by atoms with Gasteiger partial charge in [-0.2, -0.15) is 4.98 Å². The lowest BCUT2D eigenvalue weighted by Crippen LogP contribution is -2.22. The van der Waals surface area contributed by atoms with E-state index < -0.39 is 0 Å². The van der Waals surface area contributed by atoms with E-state index in [0.29, 0.717) is 0 Å². The lowest BCUT2D eigenvalue weighted by atomic mass is 10.1. The van der Waals surface area contributed by atoms with Crippen LogP contribution in [0.2, 0.25) is 0 Å². The minimum absolute atomic E-state index is 0.267. The monoisotopic (exact) mass is 237 g/mol. The molecule has 2 aliphatic rings. The average molecular weight is 237 g/mol. The molecule has 1 aromatic rings. The predicted octanol–water partition coefficient (Wildman–Crippen LogP) is 1.61. The Hall–Kier alpha value is -0.940. The van der Waals surface area contributed by atoms with Gasteiger partial charge in [0.15, 0.2) is 5.82 Å². The summed E-state index contributed by atoms with van der Waals surface area (Å²) in [6, 6.07) is 0.267. The van der Waals surface area contributed by atoms with E-state index in [2.05, 4.69) is 15.5 Å². The molecule has 2 fully saturated rings. The number of hydrogen-bond donors (Lipinski definition) is 1. The van der Waals surface area contributed by atoms with E-state index in [9.17, 15) is 0 Å². The van der Waals surface area contributed by atoms with Gasteiger partial charge in [-0.15, -0.1) is 0 Å². The summed E-state index contributed by atoms with van der Waals surface area (Å²) in [4.78, 5) is 4.47. The Bertz CT molecular complexity index is 354. The van der Waals surface area contributed by atoms with Crippen LogP contribution in [0, 0.1) is 0 Å². The fourth-order valence-electron chi connectivity index (χ4n) is 2.56. The van der Waals surface area contributed by atoms with Crippen molar-refractivity contribution < 1.29 is 9.26 Å². The molecule has 0 saturated carbocycles. The van der Waals surface area contributed by atoms with E-state index in [4.69, 9.17) is 9.26 Å². The Kier molecular flexibility index (Phi) is 3.38. The molecular weight excluding hydrogens is 218 g/mol. The first kappa shape index (κ1) is 11.2. The van der Waals surface area contributed by atoms with Gasteiger partial charge in [0.1, 0.15) is 0 Å². The van der Waals surface area contributed by atoms with Crippen LogP contribution in [0.4, 0.5) is 0 Å². The maximum absolute atomic E-state index is 5.68. The number of hydrogen-bond acceptors (Lipinski definition) is 5. The van der Waals surface area contributed by atoms with E-state index >= 15 is 0 Å². The summed E-state index contributed by atoms with van der Waals surface area (Å²) in [7, 11) is 0. The van der Waals surface area contributed by atoms with Crippen LogP contribution in [-0.2, 0) is 11.2 Å². The van der Waals surface area contributed by atoms with Crippen molar-refractivity contribution in [3.63, 3.8) is 0 Å². The maximum Gasteiger partial charge on any atom is 0.243 e. The number of rotatable bonds is 3. The molecule has 0 aromatic carbocycles. The van der Waals surface area contributed by atoms with Gasteiger partial charge in [0.2, 0.25) is 5.89 Å². The molecule has 2 unspecified atom stereocenters. The highest BCUT2D eigenvalue weighted by Gasteiger charge is 2.23. The van der Waals surface area contributed by atoms with Gasteiger partial charge in [-0.1, -0.05) is 5.16 Å². The third-order valence-electron chi connectivity index (χ3n) is 3.53. The number of nitrogens with zero attached hydrogens (tertiary/aromatic N) is 2. The highest BCUT2D eigenvalue weighted by molar-refractivity contribution is 4.96. The summed E-state index contributed by atoms with van der Waals surface area (Å²) in [5.74, 6) is 1.54. The first-order valence-electron chi connectivity index (χ1n) is 6.59. The standard InChI is InChI=1S/C12H19N3O2/c1-2-7-16-9(4-1)8-11-14-12(17-15-11)10-5-3-6-13-10/h9-10,13H,1-8H2. The fourth-order valence-corrected chi connectivity index (χ4v) is 2.56. The van der Waals surface area contributed by atoms with Crippen LogP contribution in [0.15, 0.2) is 4.52 Å². The molecule has 5 nitrogen and oxygen atoms in total. The van der Waals surface area contributed by atoms with Gasteiger partial charge >= 0.3 is 0 Å². The van der Waals surface area contributed by atoms with Gasteiger partial charge < -0.3 is 14.6 Å². The minimum atomic E-state index is 0.267. The zero-order valence-corrected chi connectivity index (χ0v) is 10.0. The van der Waals surface area contributed by atoms with Crippen molar-refractivity contribution >= 4 is 0 Å². The second kappa shape index (κ2) is 5.14. The van der Waals surface area contributed by atoms with Crippen molar-refractivity contribution in [1.29, 1.82) is 0 Å². The molecule has 3 heterocycles. The summed E-state index contributed by atoms with van der Waals surface area (Å²) in [5, 5.41) is 7.41. The number of ether oxygens (including phenoxy) is 1. The molecular formula is C12H19N3O2. The zero-order valence-electron chi connectivity index (χ0n) is 10.0. The van der Waals surface area contributed by atoms with Crippen molar-refractivity contribution in [3.8, 4) is 0 Å². The third-order valence-corrected chi connectivity index (χ3v) is 3.53. The predicted molar refractivity (Wildman–Crippen MR) is 61.6 cm³/mol. The molecule has 3 rings (SSSR count). The lowest BCUT2D eigenvalue weighted by molar-refractivity contribution is 0.0153. The highest BCUT2D eigenvalue weighted by atomic mass is 16.5. The van der Waals surface area contributed by atoms with E-state index in [1.54, 1.807) is 0 Å². The summed E-state index contributed by atoms with van der Waals surface area (Å²) >= 11 is 0. The van der Waals surface area contributed by atoms with Crippen molar-refractivity contribution in [2.75, 3.05) is 13.2 Å². The van der Waals surface area contributed by atoms with Crippen molar-refractivity contribution in [2.45, 2.75) is 50.7 Å². The molecule has 2 saturated heterocycles. The highest BCUT2D eigenvalue weighted by Crippen LogP contribution is 2.22. The summed E-state index contributed by atoms with van der Waals surface area (Å²) < 4.78 is 11.0. The Morgan fingerprint density at radius 1 is 1.24 bits per heavy atom. The van der Waals surface area contributed by atoms with Gasteiger partial charge in [-0.05, 0) is 38.6 Å². The van der Waals surface area contributed by atoms with E-state index in [1.165, 1.54) is 19.3 Å². The van der Waals surface area contributed by atoms with Gasteiger partial charge in [0.05, 0.1) is 12.1 Å². The van der Waals surface area contributed by atoms with Crippen LogP contribution in [-0.4, -0.2) is 29.4 Å². The summed E-state index contributed by atoms with van der Waals surface area (Å²) in [6.45, 7) is 1.92. The van der Waals surface area contributed by atoms with Crippen molar-refractivity contribution in [3.05, 3.63) is 11.7 Å². The molecule has 1 aromatic heterocycles. The molecule has 17 heavy (non-hydrogen) atoms. The molecule has 0 radical (unpaired) electrons. The quantitative estimate of drug-likeness (QED) is 0.865. The third kappa shape index (κ3) is 2.66. The molecule has 2 atom stereocenters. The van der Waals surface area contributed by atoms with E-state index in [0.717, 1.165) is 44.1 Å². The molecule has 2 aliphatic heterocycles. The SMILES string of the molecule is C1CCC(Cc2noc(C3CCCN3)n2)OC1. The normalized spacial score (nSPS) is 29.6. The van der Waals surface area contributed by atoms with Crippen LogP contribution >= 0.6 is 0 Å². The van der Waals surface area contributed by atoms with Gasteiger partial charge in [0, 0.05) is 13.0 Å². The summed E-state index contributed by atoms with van der Waals surface area (Å²) in [6.07, 6.45) is 6.91. The van der Waals surface area contributed by atoms with Gasteiger partial charge in [-0.25, -0.2) is 0 Å². The smallest absolute Gasteiger partial charge is 0.243 e. The molecule has 0 amide bonds. The van der Waals surface area contributed by atoms with Crippen LogP contribution in [0.3, 0.4) is 0 Å². The molecule has 0 spiro atoms. The molecule has 1 N–H and O–H groups in total. The minimum Gasteiger partial charge on any atom is -0.378 e. The Balaban J connectivity index is 1.59. The Morgan fingerprint density at radius 3 is 3.00 bits per heavy atom. The van der Waals surface area contributed by atoms with Crippen LogP contribution in [0.1, 0.15) is 49.9 Å². The second-order valence-corrected chi connectivity index (χ2v) is 4.89. The number of nitrogens with one attached hydrogen (secondary N) is 1. The Morgan fingerprint density at radius 2 is 2.24 bits per heavy atom. The molecule has 0 bridgehead atoms. The molecule has 5 heteroatoms. The topological polar surface area (TPSA) is 60.2 Å². The average Bonchev–Trinajstić information content (AvgIpc) is 3.00. The largest absolute Gasteiger partial charge is 0.378 e. The van der Waals surface area contributed by atoms with Crippen LogP contribution < -0.4 is 5.32 Å². The van der Waals surface area contributed by atoms with Crippen molar-refractivity contribution in [1.82, 2.24) is 15.5 Å². The second-order valence-electron chi connectivity index (χ2n) is 4.89. The lowest BCUT2D eigenvalue weighted by Gasteiger charge is -2.20. The Labute approximate surface area is 101 Å². The van der Waals surface area contributed by atoms with E-state index in [1.807, 2.05) is 0 Å². The molecule has 0 aliphatic carbocycles. The zero-order chi connectivity index (χ0) is 11.5. The number of aromatic nitrogens is 2. The fraction of sp³-hybridized carbons (Fsp3) is 0.833. The van der Waals surface area contributed by atoms with Gasteiger partial charge in [0.25, 0.3) is 0 Å². The molecule has 94 valence electrons. The van der Waals surface area contributed by atoms with Gasteiger partial charge in [-0.3, -0.25) is 0 Å². The summed E-state index contributed by atoms with van der Waals surface area (Å²) in [5.41, 5.74) is 0.